The molecule has 0 unspecified atom stereocenters. The number of fused-ring (bicyclic) bond motifs is 1. The lowest BCUT2D eigenvalue weighted by Gasteiger charge is -2.32. The van der Waals surface area contributed by atoms with Crippen molar-refractivity contribution in [3.63, 3.8) is 0 Å². The van der Waals surface area contributed by atoms with Gasteiger partial charge in [0.2, 0.25) is 21.8 Å². The molecule has 1 heterocycles. The molecular weight excluding hydrogens is 574 g/mol. The smallest absolute Gasteiger partial charge is 0.242 e. The predicted molar refractivity (Wildman–Crippen MR) is 151 cm³/mol. The van der Waals surface area contributed by atoms with Gasteiger partial charge < -0.3 is 19.7 Å². The average Bonchev–Trinajstić information content (AvgIpc) is 2.82. The number of hydrogen-bond acceptors (Lipinski definition) is 6. The molecule has 0 fully saturated rings. The molecule has 2 aromatic carbocycles. The van der Waals surface area contributed by atoms with Gasteiger partial charge in [-0.1, -0.05) is 28.1 Å². The molecule has 208 valence electrons. The monoisotopic (exact) mass is 609 g/mol. The molecule has 2 aromatic rings. The van der Waals surface area contributed by atoms with Crippen LogP contribution in [0.15, 0.2) is 46.9 Å². The molecule has 1 N–H and O–H groups in total. The lowest BCUT2D eigenvalue weighted by atomic mass is 10.1. The largest absolute Gasteiger partial charge is 0.486 e. The maximum absolute atomic E-state index is 13.4. The topological polar surface area (TPSA) is 105 Å². The first-order chi connectivity index (χ1) is 17.7. The molecule has 1 atom stereocenters. The number of nitrogens with zero attached hydrogens (tertiary/aromatic N) is 2. The van der Waals surface area contributed by atoms with E-state index in [1.807, 2.05) is 45.0 Å². The number of halogens is 1. The summed E-state index contributed by atoms with van der Waals surface area (Å²) in [7, 11) is -3.62. The van der Waals surface area contributed by atoms with Gasteiger partial charge >= 0.3 is 0 Å². The van der Waals surface area contributed by atoms with Crippen molar-refractivity contribution < 1.29 is 27.5 Å². The number of benzene rings is 2. The minimum Gasteiger partial charge on any atom is -0.486 e. The van der Waals surface area contributed by atoms with Crippen LogP contribution in [0.2, 0.25) is 0 Å². The van der Waals surface area contributed by atoms with E-state index in [2.05, 4.69) is 21.2 Å². The van der Waals surface area contributed by atoms with Crippen molar-refractivity contribution in [1.29, 1.82) is 0 Å². The molecule has 1 aliphatic rings. The quantitative estimate of drug-likeness (QED) is 0.435. The lowest BCUT2D eigenvalue weighted by molar-refractivity contribution is -0.141. The van der Waals surface area contributed by atoms with Crippen LogP contribution in [-0.2, 0) is 26.2 Å². The zero-order chi connectivity index (χ0) is 28.1. The van der Waals surface area contributed by atoms with Crippen LogP contribution < -0.4 is 19.1 Å². The molecule has 0 saturated heterocycles. The first kappa shape index (κ1) is 29.8. The van der Waals surface area contributed by atoms with E-state index < -0.39 is 21.6 Å². The summed E-state index contributed by atoms with van der Waals surface area (Å²) in [6, 6.07) is 11.8. The molecule has 0 aromatic heterocycles. The van der Waals surface area contributed by atoms with Crippen molar-refractivity contribution in [1.82, 2.24) is 10.2 Å². The van der Waals surface area contributed by atoms with E-state index in [1.165, 1.54) is 9.21 Å². The van der Waals surface area contributed by atoms with Gasteiger partial charge in [-0.05, 0) is 63.9 Å². The molecule has 0 radical (unpaired) electrons. The van der Waals surface area contributed by atoms with E-state index in [1.54, 1.807) is 25.1 Å². The fraction of sp³-hybridized carbons (Fsp3) is 0.481. The number of amides is 2. The number of anilines is 1. The Labute approximate surface area is 233 Å². The van der Waals surface area contributed by atoms with E-state index in [9.17, 15) is 18.0 Å². The summed E-state index contributed by atoms with van der Waals surface area (Å²) in [6.45, 7) is 8.52. The number of hydrogen-bond donors (Lipinski definition) is 1. The van der Waals surface area contributed by atoms with Gasteiger partial charge in [-0.25, -0.2) is 8.42 Å². The third-order valence-corrected chi connectivity index (χ3v) is 7.56. The summed E-state index contributed by atoms with van der Waals surface area (Å²) < 4.78 is 38.5. The molecule has 0 spiro atoms. The maximum Gasteiger partial charge on any atom is 0.242 e. The van der Waals surface area contributed by atoms with E-state index >= 15 is 0 Å². The van der Waals surface area contributed by atoms with Gasteiger partial charge in [0.05, 0.1) is 11.9 Å². The number of carbonyl (C=O) groups excluding carboxylic acids is 2. The molecular formula is C27H36BrN3O6S. The van der Waals surface area contributed by atoms with Crippen molar-refractivity contribution in [3.8, 4) is 11.5 Å². The Hall–Kier alpha value is -2.79. The third kappa shape index (κ3) is 8.36. The highest BCUT2D eigenvalue weighted by Gasteiger charge is 2.29. The van der Waals surface area contributed by atoms with E-state index in [0.29, 0.717) is 30.4 Å². The molecule has 1 aliphatic heterocycles. The number of carbonyl (C=O) groups is 2. The second-order valence-corrected chi connectivity index (χ2v) is 13.2. The summed E-state index contributed by atoms with van der Waals surface area (Å²) >= 11 is 3.45. The van der Waals surface area contributed by atoms with Gasteiger partial charge in [0.1, 0.15) is 19.3 Å². The Bertz CT molecular complexity index is 1260. The van der Waals surface area contributed by atoms with Gasteiger partial charge in [-0.15, -0.1) is 0 Å². The minimum absolute atomic E-state index is 0.0672. The molecule has 9 nitrogen and oxygen atoms in total. The molecule has 0 saturated carbocycles. The first-order valence-corrected chi connectivity index (χ1v) is 15.1. The van der Waals surface area contributed by atoms with Gasteiger partial charge in [-0.3, -0.25) is 13.9 Å². The van der Waals surface area contributed by atoms with Crippen LogP contribution in [0.1, 0.15) is 46.1 Å². The van der Waals surface area contributed by atoms with Gasteiger partial charge in [0.25, 0.3) is 0 Å². The zero-order valence-corrected chi connectivity index (χ0v) is 24.9. The summed E-state index contributed by atoms with van der Waals surface area (Å²) in [5.41, 5.74) is 0.861. The van der Waals surface area contributed by atoms with Crippen molar-refractivity contribution in [2.45, 2.75) is 58.7 Å². The fourth-order valence-electron chi connectivity index (χ4n) is 4.08. The number of sulfonamides is 1. The highest BCUT2D eigenvalue weighted by molar-refractivity contribution is 9.10. The van der Waals surface area contributed by atoms with E-state index in [0.717, 1.165) is 16.3 Å². The van der Waals surface area contributed by atoms with Gasteiger partial charge in [0.15, 0.2) is 11.5 Å². The Balaban J connectivity index is 1.75. The van der Waals surface area contributed by atoms with E-state index in [-0.39, 0.29) is 37.7 Å². The van der Waals surface area contributed by atoms with Crippen molar-refractivity contribution in [2.75, 3.05) is 30.3 Å². The van der Waals surface area contributed by atoms with Gasteiger partial charge in [0, 0.05) is 35.6 Å². The van der Waals surface area contributed by atoms with Crippen molar-refractivity contribution >= 4 is 43.5 Å². The second-order valence-electron chi connectivity index (χ2n) is 10.3. The summed E-state index contributed by atoms with van der Waals surface area (Å²) in [5, 5.41) is 2.94. The Morgan fingerprint density at radius 2 is 1.76 bits per heavy atom. The van der Waals surface area contributed by atoms with Crippen LogP contribution in [0.3, 0.4) is 0 Å². The summed E-state index contributed by atoms with van der Waals surface area (Å²) in [5.74, 6) is 0.554. The standard InChI is InChI=1S/C27H36BrN3O6S/c1-19(26(33)29-27(2,3)4)30(18-20-8-6-9-21(28)16-20)25(32)10-7-13-31(38(5,34)35)22-11-12-23-24(17-22)37-15-14-36-23/h6,8-9,11-12,16-17,19H,7,10,13-15,18H2,1-5H3,(H,29,33)/t19-/m0/s1. The third-order valence-electron chi connectivity index (χ3n) is 5.87. The number of ether oxygens (including phenoxy) is 2. The Morgan fingerprint density at radius 1 is 1.08 bits per heavy atom. The molecule has 38 heavy (non-hydrogen) atoms. The Morgan fingerprint density at radius 3 is 2.39 bits per heavy atom. The van der Waals surface area contributed by atoms with Crippen molar-refractivity contribution in [2.24, 2.45) is 0 Å². The highest BCUT2D eigenvalue weighted by atomic mass is 79.9. The molecule has 0 aliphatic carbocycles. The predicted octanol–water partition coefficient (Wildman–Crippen LogP) is 4.10. The summed E-state index contributed by atoms with van der Waals surface area (Å²) in [6.07, 6.45) is 1.46. The van der Waals surface area contributed by atoms with Crippen LogP contribution in [-0.4, -0.2) is 62.7 Å². The van der Waals surface area contributed by atoms with Crippen LogP contribution >= 0.6 is 15.9 Å². The fourth-order valence-corrected chi connectivity index (χ4v) is 5.48. The highest BCUT2D eigenvalue weighted by Crippen LogP contribution is 2.34. The Kier molecular flexibility index (Phi) is 9.69. The summed E-state index contributed by atoms with van der Waals surface area (Å²) in [4.78, 5) is 27.9. The zero-order valence-electron chi connectivity index (χ0n) is 22.5. The molecule has 3 rings (SSSR count). The van der Waals surface area contributed by atoms with Crippen LogP contribution in [0, 0.1) is 0 Å². The van der Waals surface area contributed by atoms with Crippen molar-refractivity contribution in [3.05, 3.63) is 52.5 Å². The average molecular weight is 611 g/mol. The SMILES string of the molecule is C[C@@H](C(=O)NC(C)(C)C)N(Cc1cccc(Br)c1)C(=O)CCCN(c1ccc2c(c1)OCCO2)S(C)(=O)=O. The molecule has 0 bridgehead atoms. The number of nitrogens with one attached hydrogen (secondary N) is 1. The lowest BCUT2D eigenvalue weighted by Crippen LogP contribution is -2.52. The molecule has 2 amide bonds. The first-order valence-electron chi connectivity index (χ1n) is 12.5. The molecule has 11 heteroatoms. The van der Waals surface area contributed by atoms with Crippen LogP contribution in [0.5, 0.6) is 11.5 Å². The second kappa shape index (κ2) is 12.4. The number of rotatable bonds is 10. The van der Waals surface area contributed by atoms with E-state index in [4.69, 9.17) is 9.47 Å². The minimum atomic E-state index is -3.62. The van der Waals surface area contributed by atoms with Gasteiger partial charge in [-0.2, -0.15) is 0 Å². The van der Waals surface area contributed by atoms with Crippen LogP contribution in [0.25, 0.3) is 0 Å². The normalized spacial score (nSPS) is 13.9. The maximum atomic E-state index is 13.4. The van der Waals surface area contributed by atoms with Crippen LogP contribution in [0.4, 0.5) is 5.69 Å².